The Hall–Kier alpha value is -1.10. The first kappa shape index (κ1) is 14.9. The third-order valence-corrected chi connectivity index (χ3v) is 2.49. The zero-order valence-corrected chi connectivity index (χ0v) is 10.6. The van der Waals surface area contributed by atoms with Gasteiger partial charge in [-0.05, 0) is 18.9 Å². The van der Waals surface area contributed by atoms with Gasteiger partial charge in [-0.1, -0.05) is 27.7 Å². The Balaban J connectivity index is 4.56. The van der Waals surface area contributed by atoms with E-state index in [9.17, 15) is 9.59 Å². The highest BCUT2D eigenvalue weighted by Crippen LogP contribution is 2.05. The van der Waals surface area contributed by atoms with Crippen molar-refractivity contribution in [2.24, 2.45) is 11.8 Å². The maximum Gasteiger partial charge on any atom is 0.326 e. The summed E-state index contributed by atoms with van der Waals surface area (Å²) in [5, 5.41) is 14.4. The summed E-state index contributed by atoms with van der Waals surface area (Å²) >= 11 is 0. The van der Waals surface area contributed by atoms with E-state index in [-0.39, 0.29) is 23.8 Å². The van der Waals surface area contributed by atoms with Crippen LogP contribution >= 0.6 is 0 Å². The summed E-state index contributed by atoms with van der Waals surface area (Å²) in [7, 11) is 1.69. The first-order valence-electron chi connectivity index (χ1n) is 5.51. The molecule has 5 heteroatoms. The van der Waals surface area contributed by atoms with Gasteiger partial charge in [0, 0.05) is 0 Å². The van der Waals surface area contributed by atoms with Gasteiger partial charge in [0.05, 0.1) is 6.04 Å². The SMILES string of the molecule is CN[C@H](C(=O)N[C@@H](C(=O)O)C(C)C)C(C)C. The van der Waals surface area contributed by atoms with Crippen LogP contribution in [-0.2, 0) is 9.59 Å². The minimum absolute atomic E-state index is 0.117. The molecule has 3 N–H and O–H groups in total. The molecule has 0 saturated carbocycles. The van der Waals surface area contributed by atoms with Crippen molar-refractivity contribution >= 4 is 11.9 Å². The first-order valence-corrected chi connectivity index (χ1v) is 5.51. The normalized spacial score (nSPS) is 14.9. The molecule has 0 aliphatic rings. The fourth-order valence-corrected chi connectivity index (χ4v) is 1.52. The van der Waals surface area contributed by atoms with Crippen LogP contribution in [0.5, 0.6) is 0 Å². The maximum atomic E-state index is 11.8. The number of likely N-dealkylation sites (N-methyl/N-ethyl adjacent to an activating group) is 1. The van der Waals surface area contributed by atoms with Crippen molar-refractivity contribution in [3.8, 4) is 0 Å². The Kier molecular flexibility index (Phi) is 6.03. The van der Waals surface area contributed by atoms with Crippen LogP contribution in [0.1, 0.15) is 27.7 Å². The van der Waals surface area contributed by atoms with Crippen molar-refractivity contribution < 1.29 is 14.7 Å². The van der Waals surface area contributed by atoms with Crippen molar-refractivity contribution in [3.63, 3.8) is 0 Å². The predicted octanol–water partition coefficient (Wildman–Crippen LogP) is 0.456. The van der Waals surface area contributed by atoms with Crippen molar-refractivity contribution in [1.29, 1.82) is 0 Å². The monoisotopic (exact) mass is 230 g/mol. The topological polar surface area (TPSA) is 78.4 Å². The van der Waals surface area contributed by atoms with Gasteiger partial charge >= 0.3 is 5.97 Å². The number of amides is 1. The highest BCUT2D eigenvalue weighted by molar-refractivity contribution is 5.87. The van der Waals surface area contributed by atoms with Gasteiger partial charge in [-0.2, -0.15) is 0 Å². The average molecular weight is 230 g/mol. The van der Waals surface area contributed by atoms with Crippen LogP contribution in [0.4, 0.5) is 0 Å². The third-order valence-electron chi connectivity index (χ3n) is 2.49. The minimum atomic E-state index is -0.998. The van der Waals surface area contributed by atoms with E-state index in [0.717, 1.165) is 0 Å². The Morgan fingerprint density at radius 2 is 1.44 bits per heavy atom. The van der Waals surface area contributed by atoms with Crippen LogP contribution in [0.15, 0.2) is 0 Å². The molecule has 0 radical (unpaired) electrons. The summed E-state index contributed by atoms with van der Waals surface area (Å²) < 4.78 is 0. The first-order chi connectivity index (χ1) is 7.31. The quantitative estimate of drug-likeness (QED) is 0.619. The molecule has 0 heterocycles. The van der Waals surface area contributed by atoms with E-state index in [1.165, 1.54) is 0 Å². The standard InChI is InChI=1S/C11H22N2O3/c1-6(2)8(12-5)10(14)13-9(7(3)4)11(15)16/h6-9,12H,1-5H3,(H,13,14)(H,15,16)/t8-,9+/m0/s1. The van der Waals surface area contributed by atoms with Gasteiger partial charge in [0.1, 0.15) is 6.04 Å². The lowest BCUT2D eigenvalue weighted by Gasteiger charge is -2.24. The number of nitrogens with one attached hydrogen (secondary N) is 2. The molecule has 0 aromatic heterocycles. The van der Waals surface area contributed by atoms with Crippen LogP contribution in [0.25, 0.3) is 0 Å². The van der Waals surface area contributed by atoms with Gasteiger partial charge in [0.15, 0.2) is 0 Å². The van der Waals surface area contributed by atoms with Gasteiger partial charge in [-0.25, -0.2) is 4.79 Å². The molecule has 0 fully saturated rings. The van der Waals surface area contributed by atoms with E-state index in [1.54, 1.807) is 20.9 Å². The zero-order chi connectivity index (χ0) is 12.9. The van der Waals surface area contributed by atoms with E-state index in [1.807, 2.05) is 13.8 Å². The molecular weight excluding hydrogens is 208 g/mol. The minimum Gasteiger partial charge on any atom is -0.480 e. The van der Waals surface area contributed by atoms with Crippen LogP contribution < -0.4 is 10.6 Å². The van der Waals surface area contributed by atoms with Crippen molar-refractivity contribution in [3.05, 3.63) is 0 Å². The maximum absolute atomic E-state index is 11.8. The Bertz CT molecular complexity index is 252. The molecule has 0 aliphatic heterocycles. The molecular formula is C11H22N2O3. The van der Waals surface area contributed by atoms with E-state index in [4.69, 9.17) is 5.11 Å². The second-order valence-electron chi connectivity index (χ2n) is 4.58. The summed E-state index contributed by atoms with van der Waals surface area (Å²) in [5.41, 5.74) is 0. The van der Waals surface area contributed by atoms with E-state index in [2.05, 4.69) is 10.6 Å². The summed E-state index contributed by atoms with van der Waals surface area (Å²) in [6.07, 6.45) is 0. The molecule has 0 spiro atoms. The summed E-state index contributed by atoms with van der Waals surface area (Å²) in [6.45, 7) is 7.35. The lowest BCUT2D eigenvalue weighted by atomic mass is 10.0. The molecule has 94 valence electrons. The highest BCUT2D eigenvalue weighted by Gasteiger charge is 2.27. The number of carboxylic acid groups (broad SMARTS) is 1. The number of carbonyl (C=O) groups is 2. The average Bonchev–Trinajstić information content (AvgIpc) is 2.13. The molecule has 0 aliphatic carbocycles. The van der Waals surface area contributed by atoms with Crippen molar-refractivity contribution in [2.45, 2.75) is 39.8 Å². The molecule has 0 unspecified atom stereocenters. The fraction of sp³-hybridized carbons (Fsp3) is 0.818. The summed E-state index contributed by atoms with van der Waals surface area (Å²) in [4.78, 5) is 22.7. The Morgan fingerprint density at radius 1 is 1.00 bits per heavy atom. The lowest BCUT2D eigenvalue weighted by Crippen LogP contribution is -2.53. The number of carbonyl (C=O) groups excluding carboxylic acids is 1. The molecule has 0 aromatic carbocycles. The molecule has 0 bridgehead atoms. The molecule has 0 saturated heterocycles. The van der Waals surface area contributed by atoms with Gasteiger partial charge in [-0.15, -0.1) is 0 Å². The van der Waals surface area contributed by atoms with Crippen LogP contribution in [0, 0.1) is 11.8 Å². The van der Waals surface area contributed by atoms with Gasteiger partial charge < -0.3 is 15.7 Å². The van der Waals surface area contributed by atoms with E-state index >= 15 is 0 Å². The molecule has 0 aromatic rings. The highest BCUT2D eigenvalue weighted by atomic mass is 16.4. The van der Waals surface area contributed by atoms with Gasteiger partial charge in [0.2, 0.25) is 5.91 Å². The second kappa shape index (κ2) is 6.48. The second-order valence-corrected chi connectivity index (χ2v) is 4.58. The number of aliphatic carboxylic acids is 1. The zero-order valence-electron chi connectivity index (χ0n) is 10.6. The third kappa shape index (κ3) is 4.18. The lowest BCUT2D eigenvalue weighted by molar-refractivity contribution is -0.143. The molecule has 2 atom stereocenters. The van der Waals surface area contributed by atoms with Crippen molar-refractivity contribution in [2.75, 3.05) is 7.05 Å². The predicted molar refractivity (Wildman–Crippen MR) is 62.1 cm³/mol. The molecule has 0 rings (SSSR count). The Morgan fingerprint density at radius 3 is 1.69 bits per heavy atom. The molecule has 5 nitrogen and oxygen atoms in total. The fourth-order valence-electron chi connectivity index (χ4n) is 1.52. The largest absolute Gasteiger partial charge is 0.480 e. The molecule has 16 heavy (non-hydrogen) atoms. The van der Waals surface area contributed by atoms with E-state index in [0.29, 0.717) is 0 Å². The van der Waals surface area contributed by atoms with E-state index < -0.39 is 12.0 Å². The van der Waals surface area contributed by atoms with Gasteiger partial charge in [-0.3, -0.25) is 4.79 Å². The molecule has 1 amide bonds. The number of carboxylic acids is 1. The Labute approximate surface area is 96.6 Å². The van der Waals surface area contributed by atoms with Crippen LogP contribution in [-0.4, -0.2) is 36.1 Å². The van der Waals surface area contributed by atoms with Crippen LogP contribution in [0.3, 0.4) is 0 Å². The number of hydrogen-bond donors (Lipinski definition) is 3. The summed E-state index contributed by atoms with van der Waals surface area (Å²) in [5.74, 6) is -1.28. The number of hydrogen-bond acceptors (Lipinski definition) is 3. The smallest absolute Gasteiger partial charge is 0.326 e. The summed E-state index contributed by atoms with van der Waals surface area (Å²) in [6, 6.07) is -1.19. The number of rotatable bonds is 6. The van der Waals surface area contributed by atoms with Crippen molar-refractivity contribution in [1.82, 2.24) is 10.6 Å². The van der Waals surface area contributed by atoms with Crippen LogP contribution in [0.2, 0.25) is 0 Å². The van der Waals surface area contributed by atoms with Gasteiger partial charge in [0.25, 0.3) is 0 Å².